The Morgan fingerprint density at radius 2 is 1.33 bits per heavy atom. The zero-order valence-electron chi connectivity index (χ0n) is 8.30. The second kappa shape index (κ2) is 3.81. The summed E-state index contributed by atoms with van der Waals surface area (Å²) < 4.78 is 26.6. The fraction of sp³-hybridized carbons (Fsp3) is 0.0769. The first-order chi connectivity index (χ1) is 7.18. The highest BCUT2D eigenvalue weighted by molar-refractivity contribution is 5.63. The second-order valence-electron chi connectivity index (χ2n) is 3.43. The van der Waals surface area contributed by atoms with Gasteiger partial charge < -0.3 is 0 Å². The van der Waals surface area contributed by atoms with Crippen molar-refractivity contribution in [2.75, 3.05) is 0 Å². The van der Waals surface area contributed by atoms with Crippen LogP contribution in [0, 0.1) is 18.6 Å². The third-order valence-corrected chi connectivity index (χ3v) is 2.39. The van der Waals surface area contributed by atoms with Crippen LogP contribution >= 0.6 is 0 Å². The van der Waals surface area contributed by atoms with Crippen molar-refractivity contribution in [2.24, 2.45) is 0 Å². The van der Waals surface area contributed by atoms with Gasteiger partial charge in [-0.3, -0.25) is 0 Å². The standard InChI is InChI=1S/C13H10F2/c1-9-12(14)7-11(8-13(9)15)10-5-3-2-4-6-10/h2-8H,1H3. The minimum absolute atomic E-state index is 0.0645. The molecule has 0 atom stereocenters. The molecule has 0 fully saturated rings. The third kappa shape index (κ3) is 1.89. The monoisotopic (exact) mass is 204 g/mol. The summed E-state index contributed by atoms with van der Waals surface area (Å²) in [6.07, 6.45) is 0. The lowest BCUT2D eigenvalue weighted by atomic mass is 10.0. The van der Waals surface area contributed by atoms with E-state index in [1.54, 1.807) is 0 Å². The zero-order chi connectivity index (χ0) is 10.8. The Labute approximate surface area is 87.2 Å². The molecule has 0 saturated heterocycles. The molecule has 0 aromatic heterocycles. The minimum atomic E-state index is -0.506. The molecule has 0 aliphatic carbocycles. The van der Waals surface area contributed by atoms with Crippen LogP contribution in [0.1, 0.15) is 5.56 Å². The number of benzene rings is 2. The van der Waals surface area contributed by atoms with Crippen LogP contribution in [-0.2, 0) is 0 Å². The van der Waals surface area contributed by atoms with E-state index in [2.05, 4.69) is 0 Å². The van der Waals surface area contributed by atoms with Crippen LogP contribution in [-0.4, -0.2) is 0 Å². The van der Waals surface area contributed by atoms with Crippen molar-refractivity contribution >= 4 is 0 Å². The smallest absolute Gasteiger partial charge is 0.129 e. The highest BCUT2D eigenvalue weighted by Gasteiger charge is 2.07. The van der Waals surface area contributed by atoms with Crippen molar-refractivity contribution in [3.05, 3.63) is 59.7 Å². The maximum atomic E-state index is 13.3. The third-order valence-electron chi connectivity index (χ3n) is 2.39. The summed E-state index contributed by atoms with van der Waals surface area (Å²) in [6.45, 7) is 1.43. The maximum Gasteiger partial charge on any atom is 0.129 e. The summed E-state index contributed by atoms with van der Waals surface area (Å²) in [7, 11) is 0. The molecular formula is C13H10F2. The molecule has 0 radical (unpaired) electrons. The summed E-state index contributed by atoms with van der Waals surface area (Å²) in [5.74, 6) is -1.01. The predicted molar refractivity (Wildman–Crippen MR) is 56.5 cm³/mol. The quantitative estimate of drug-likeness (QED) is 0.660. The highest BCUT2D eigenvalue weighted by atomic mass is 19.1. The van der Waals surface area contributed by atoms with Gasteiger partial charge in [-0.1, -0.05) is 30.3 Å². The fourth-order valence-electron chi connectivity index (χ4n) is 1.44. The van der Waals surface area contributed by atoms with E-state index >= 15 is 0 Å². The Hall–Kier alpha value is -1.70. The van der Waals surface area contributed by atoms with E-state index < -0.39 is 11.6 Å². The molecule has 2 heteroatoms. The lowest BCUT2D eigenvalue weighted by molar-refractivity contribution is 0.569. The van der Waals surface area contributed by atoms with Crippen LogP contribution < -0.4 is 0 Å². The molecule has 0 N–H and O–H groups in total. The first kappa shape index (κ1) is 9.84. The van der Waals surface area contributed by atoms with Gasteiger partial charge >= 0.3 is 0 Å². The van der Waals surface area contributed by atoms with Gasteiger partial charge in [0.15, 0.2) is 0 Å². The van der Waals surface area contributed by atoms with E-state index in [4.69, 9.17) is 0 Å². The molecule has 0 amide bonds. The summed E-state index contributed by atoms with van der Waals surface area (Å²) in [5, 5.41) is 0. The van der Waals surface area contributed by atoms with Gasteiger partial charge in [0.05, 0.1) is 0 Å². The normalized spacial score (nSPS) is 10.3. The molecular weight excluding hydrogens is 194 g/mol. The minimum Gasteiger partial charge on any atom is -0.207 e. The Balaban J connectivity index is 2.56. The van der Waals surface area contributed by atoms with Gasteiger partial charge in [-0.15, -0.1) is 0 Å². The van der Waals surface area contributed by atoms with Crippen LogP contribution in [0.25, 0.3) is 11.1 Å². The Morgan fingerprint density at radius 1 is 0.800 bits per heavy atom. The number of hydrogen-bond acceptors (Lipinski definition) is 0. The van der Waals surface area contributed by atoms with Gasteiger partial charge in [0.1, 0.15) is 11.6 Å². The maximum absolute atomic E-state index is 13.3. The van der Waals surface area contributed by atoms with E-state index in [9.17, 15) is 8.78 Å². The van der Waals surface area contributed by atoms with Crippen molar-refractivity contribution < 1.29 is 8.78 Å². The van der Waals surface area contributed by atoms with Gasteiger partial charge in [-0.2, -0.15) is 0 Å². The van der Waals surface area contributed by atoms with Gasteiger partial charge in [-0.05, 0) is 30.2 Å². The number of rotatable bonds is 1. The average molecular weight is 204 g/mol. The lowest BCUT2D eigenvalue weighted by Crippen LogP contribution is -1.90. The van der Waals surface area contributed by atoms with Crippen LogP contribution in [0.4, 0.5) is 8.78 Å². The molecule has 0 saturated carbocycles. The summed E-state index contributed by atoms with van der Waals surface area (Å²) in [6, 6.07) is 11.9. The van der Waals surface area contributed by atoms with Gasteiger partial charge in [0.2, 0.25) is 0 Å². The van der Waals surface area contributed by atoms with Crippen LogP contribution in [0.15, 0.2) is 42.5 Å². The fourth-order valence-corrected chi connectivity index (χ4v) is 1.44. The highest BCUT2D eigenvalue weighted by Crippen LogP contribution is 2.23. The Morgan fingerprint density at radius 3 is 1.87 bits per heavy atom. The molecule has 0 aliphatic rings. The lowest BCUT2D eigenvalue weighted by Gasteiger charge is -2.04. The molecule has 0 bridgehead atoms. The molecule has 2 rings (SSSR count). The topological polar surface area (TPSA) is 0 Å². The van der Waals surface area contributed by atoms with Crippen molar-refractivity contribution in [3.8, 4) is 11.1 Å². The van der Waals surface area contributed by atoms with Crippen molar-refractivity contribution in [2.45, 2.75) is 6.92 Å². The molecule has 0 nitrogen and oxygen atoms in total. The number of halogens is 2. The van der Waals surface area contributed by atoms with Crippen molar-refractivity contribution in [1.29, 1.82) is 0 Å². The molecule has 2 aromatic carbocycles. The molecule has 0 heterocycles. The Kier molecular flexibility index (Phi) is 2.50. The average Bonchev–Trinajstić information content (AvgIpc) is 2.26. The molecule has 2 aromatic rings. The second-order valence-corrected chi connectivity index (χ2v) is 3.43. The van der Waals surface area contributed by atoms with Gasteiger partial charge in [0.25, 0.3) is 0 Å². The van der Waals surface area contributed by atoms with Crippen LogP contribution in [0.5, 0.6) is 0 Å². The van der Waals surface area contributed by atoms with Crippen LogP contribution in [0.3, 0.4) is 0 Å². The predicted octanol–water partition coefficient (Wildman–Crippen LogP) is 3.94. The van der Waals surface area contributed by atoms with Crippen LogP contribution in [0.2, 0.25) is 0 Å². The molecule has 0 spiro atoms. The zero-order valence-corrected chi connectivity index (χ0v) is 8.30. The van der Waals surface area contributed by atoms with E-state index in [0.717, 1.165) is 5.56 Å². The molecule has 15 heavy (non-hydrogen) atoms. The first-order valence-electron chi connectivity index (χ1n) is 4.69. The van der Waals surface area contributed by atoms with Crippen molar-refractivity contribution in [1.82, 2.24) is 0 Å². The van der Waals surface area contributed by atoms with E-state index in [0.29, 0.717) is 5.56 Å². The van der Waals surface area contributed by atoms with E-state index in [-0.39, 0.29) is 5.56 Å². The Bertz CT molecular complexity index is 452. The van der Waals surface area contributed by atoms with E-state index in [1.165, 1.54) is 19.1 Å². The summed E-state index contributed by atoms with van der Waals surface area (Å²) >= 11 is 0. The van der Waals surface area contributed by atoms with Gasteiger partial charge in [0, 0.05) is 5.56 Å². The molecule has 0 aliphatic heterocycles. The molecule has 76 valence electrons. The summed E-state index contributed by atoms with van der Waals surface area (Å²) in [4.78, 5) is 0. The SMILES string of the molecule is Cc1c(F)cc(-c2ccccc2)cc1F. The number of hydrogen-bond donors (Lipinski definition) is 0. The first-order valence-corrected chi connectivity index (χ1v) is 4.69. The molecule has 0 unspecified atom stereocenters. The largest absolute Gasteiger partial charge is 0.207 e. The van der Waals surface area contributed by atoms with Crippen molar-refractivity contribution in [3.63, 3.8) is 0 Å². The van der Waals surface area contributed by atoms with Gasteiger partial charge in [-0.25, -0.2) is 8.78 Å². The van der Waals surface area contributed by atoms with E-state index in [1.807, 2.05) is 30.3 Å². The summed E-state index contributed by atoms with van der Waals surface area (Å²) in [5.41, 5.74) is 1.45.